The maximum Gasteiger partial charge on any atom is 0.410 e. The summed E-state index contributed by atoms with van der Waals surface area (Å²) in [5, 5.41) is 9.41. The van der Waals surface area contributed by atoms with Gasteiger partial charge in [-0.05, 0) is 65.5 Å². The number of hydrogen-bond donors (Lipinski definition) is 3. The highest BCUT2D eigenvalue weighted by Gasteiger charge is 2.33. The Morgan fingerprint density at radius 2 is 1.93 bits per heavy atom. The first-order chi connectivity index (χ1) is 18.9. The number of nitrogens with zero attached hydrogens (tertiary/aromatic N) is 3. The lowest BCUT2D eigenvalue weighted by Crippen LogP contribution is -2.52. The van der Waals surface area contributed by atoms with Crippen molar-refractivity contribution in [2.45, 2.75) is 77.1 Å². The molecule has 2 aliphatic carbocycles. The number of halogens is 1. The molecule has 4 rings (SSSR count). The van der Waals surface area contributed by atoms with E-state index in [2.05, 4.69) is 37.8 Å². The van der Waals surface area contributed by atoms with Crippen LogP contribution < -0.4 is 20.7 Å². The number of ether oxygens (including phenoxy) is 2. The number of anilines is 3. The van der Waals surface area contributed by atoms with E-state index in [4.69, 9.17) is 9.47 Å². The third-order valence-corrected chi connectivity index (χ3v) is 6.65. The van der Waals surface area contributed by atoms with Gasteiger partial charge in [-0.25, -0.2) is 14.2 Å². The van der Waals surface area contributed by atoms with Gasteiger partial charge < -0.3 is 25.4 Å². The number of aromatic nitrogens is 2. The summed E-state index contributed by atoms with van der Waals surface area (Å²) in [6.45, 7) is 7.03. The summed E-state index contributed by atoms with van der Waals surface area (Å²) in [6.07, 6.45) is 4.68. The lowest BCUT2D eigenvalue weighted by molar-refractivity contribution is -0.126. The third-order valence-electron chi connectivity index (χ3n) is 6.65. The molecule has 1 heterocycles. The molecule has 0 unspecified atom stereocenters. The fourth-order valence-corrected chi connectivity index (χ4v) is 3.96. The van der Waals surface area contributed by atoms with Gasteiger partial charge in [-0.3, -0.25) is 9.69 Å². The van der Waals surface area contributed by atoms with Gasteiger partial charge >= 0.3 is 6.09 Å². The lowest BCUT2D eigenvalue weighted by Gasteiger charge is -2.34. The summed E-state index contributed by atoms with van der Waals surface area (Å²) in [5.41, 5.74) is 0.551. The molecular formula is C29H37FN6O4. The number of likely N-dealkylation sites (N-methyl/N-ethyl adjacent to an activating group) is 1. The molecule has 0 radical (unpaired) electrons. The van der Waals surface area contributed by atoms with Crippen molar-refractivity contribution < 1.29 is 23.5 Å². The largest absolute Gasteiger partial charge is 0.494 e. The van der Waals surface area contributed by atoms with Crippen molar-refractivity contribution in [3.8, 4) is 17.6 Å². The van der Waals surface area contributed by atoms with Gasteiger partial charge in [-0.2, -0.15) is 4.98 Å². The monoisotopic (exact) mass is 552 g/mol. The second-order valence-electron chi connectivity index (χ2n) is 11.3. The molecule has 2 saturated carbocycles. The fraction of sp³-hybridized carbons (Fsp3) is 0.517. The fourth-order valence-electron chi connectivity index (χ4n) is 3.96. The van der Waals surface area contributed by atoms with E-state index in [-0.39, 0.29) is 23.6 Å². The summed E-state index contributed by atoms with van der Waals surface area (Å²) in [5.74, 6) is 6.99. The first-order valence-electron chi connectivity index (χ1n) is 13.4. The number of amides is 2. The molecule has 0 aliphatic heterocycles. The van der Waals surface area contributed by atoms with E-state index in [9.17, 15) is 14.0 Å². The Morgan fingerprint density at radius 3 is 2.55 bits per heavy atom. The van der Waals surface area contributed by atoms with Gasteiger partial charge in [0.15, 0.2) is 11.6 Å². The quantitative estimate of drug-likeness (QED) is 0.412. The van der Waals surface area contributed by atoms with E-state index < -0.39 is 23.6 Å². The van der Waals surface area contributed by atoms with Crippen molar-refractivity contribution in [2.75, 3.05) is 24.8 Å². The van der Waals surface area contributed by atoms with Crippen molar-refractivity contribution in [3.05, 3.63) is 35.8 Å². The number of rotatable bonds is 8. The molecule has 1 atom stereocenters. The van der Waals surface area contributed by atoms with Gasteiger partial charge in [0.2, 0.25) is 11.9 Å². The van der Waals surface area contributed by atoms with Crippen molar-refractivity contribution >= 4 is 29.5 Å². The van der Waals surface area contributed by atoms with Crippen LogP contribution in [0.25, 0.3) is 0 Å². The predicted octanol–water partition coefficient (Wildman–Crippen LogP) is 4.44. The molecule has 11 heteroatoms. The topological polar surface area (TPSA) is 118 Å². The minimum atomic E-state index is -0.658. The molecule has 1 aromatic heterocycles. The molecule has 40 heavy (non-hydrogen) atoms. The Kier molecular flexibility index (Phi) is 8.67. The van der Waals surface area contributed by atoms with E-state index in [0.717, 1.165) is 25.7 Å². The van der Waals surface area contributed by atoms with E-state index in [0.29, 0.717) is 29.1 Å². The van der Waals surface area contributed by atoms with Gasteiger partial charge in [0.05, 0.1) is 18.9 Å². The standard InChI is InChI=1S/C29H37FN6O4/c1-17(36(5)28(38)40-29(2,3)4)26(37)33-22-13-18(14-22)7-8-19-16-31-27(35-25(19)32-20-9-10-20)34-21-11-12-24(39-6)23(30)15-21/h11-12,15-18,20,22H,9-10,13-14H2,1-6H3,(H,33,37)(H2,31,32,34,35)/t17-,18?,22?/m0/s1. The predicted molar refractivity (Wildman–Crippen MR) is 150 cm³/mol. The molecule has 3 N–H and O–H groups in total. The van der Waals surface area contributed by atoms with Crippen LogP contribution in [0.4, 0.5) is 26.6 Å². The number of hydrogen-bond acceptors (Lipinski definition) is 8. The highest BCUT2D eigenvalue weighted by atomic mass is 19.1. The third kappa shape index (κ3) is 7.74. The zero-order valence-electron chi connectivity index (χ0n) is 23.8. The lowest BCUT2D eigenvalue weighted by atomic mass is 9.80. The molecule has 0 saturated heterocycles. The second kappa shape index (κ2) is 12.0. The Morgan fingerprint density at radius 1 is 1.20 bits per heavy atom. The van der Waals surface area contributed by atoms with Crippen LogP contribution >= 0.6 is 0 Å². The van der Waals surface area contributed by atoms with E-state index in [1.165, 1.54) is 24.1 Å². The van der Waals surface area contributed by atoms with Crippen molar-refractivity contribution in [2.24, 2.45) is 5.92 Å². The number of nitrogens with one attached hydrogen (secondary N) is 3. The summed E-state index contributed by atoms with van der Waals surface area (Å²) >= 11 is 0. The van der Waals surface area contributed by atoms with Crippen LogP contribution in [0.5, 0.6) is 5.75 Å². The van der Waals surface area contributed by atoms with E-state index >= 15 is 0 Å². The molecule has 2 aliphatic rings. The first-order valence-corrected chi connectivity index (χ1v) is 13.4. The molecule has 0 bridgehead atoms. The van der Waals surface area contributed by atoms with Crippen molar-refractivity contribution in [1.82, 2.24) is 20.2 Å². The highest BCUT2D eigenvalue weighted by Crippen LogP contribution is 2.29. The number of carbonyl (C=O) groups excluding carboxylic acids is 2. The van der Waals surface area contributed by atoms with E-state index in [1.807, 2.05) is 0 Å². The molecular weight excluding hydrogens is 515 g/mol. The van der Waals surface area contributed by atoms with Gasteiger partial charge in [-0.1, -0.05) is 11.8 Å². The van der Waals surface area contributed by atoms with Crippen LogP contribution in [0.3, 0.4) is 0 Å². The molecule has 2 fully saturated rings. The Balaban J connectivity index is 1.33. The van der Waals surface area contributed by atoms with Crippen LogP contribution in [-0.2, 0) is 9.53 Å². The summed E-state index contributed by atoms with van der Waals surface area (Å²) in [6, 6.07) is 4.24. The van der Waals surface area contributed by atoms with Gasteiger partial charge in [0.25, 0.3) is 0 Å². The maximum absolute atomic E-state index is 14.1. The van der Waals surface area contributed by atoms with Crippen LogP contribution in [-0.4, -0.2) is 64.8 Å². The number of carbonyl (C=O) groups is 2. The zero-order valence-corrected chi connectivity index (χ0v) is 23.8. The minimum absolute atomic E-state index is 0.00179. The number of methoxy groups -OCH3 is 1. The summed E-state index contributed by atoms with van der Waals surface area (Å²) in [4.78, 5) is 35.2. The van der Waals surface area contributed by atoms with Crippen LogP contribution in [0.15, 0.2) is 24.4 Å². The summed E-state index contributed by atoms with van der Waals surface area (Å²) in [7, 11) is 2.97. The smallest absolute Gasteiger partial charge is 0.410 e. The first kappa shape index (κ1) is 28.9. The van der Waals surface area contributed by atoms with Crippen LogP contribution in [0.2, 0.25) is 0 Å². The molecule has 0 spiro atoms. The van der Waals surface area contributed by atoms with Gasteiger partial charge in [0, 0.05) is 36.8 Å². The Bertz CT molecular complexity index is 1310. The SMILES string of the molecule is COc1ccc(Nc2ncc(C#CC3CC(NC(=O)[C@H](C)N(C)C(=O)OC(C)(C)C)C3)c(NC3CC3)n2)cc1F. The molecule has 214 valence electrons. The maximum atomic E-state index is 14.1. The molecule has 1 aromatic carbocycles. The van der Waals surface area contributed by atoms with Gasteiger partial charge in [-0.15, -0.1) is 0 Å². The molecule has 10 nitrogen and oxygen atoms in total. The normalized spacial score (nSPS) is 18.8. The van der Waals surface area contributed by atoms with Crippen molar-refractivity contribution in [1.29, 1.82) is 0 Å². The van der Waals surface area contributed by atoms with Crippen LogP contribution in [0, 0.1) is 23.6 Å². The molecule has 2 amide bonds. The van der Waals surface area contributed by atoms with Crippen LogP contribution in [0.1, 0.15) is 58.9 Å². The molecule has 2 aromatic rings. The van der Waals surface area contributed by atoms with Gasteiger partial charge in [0.1, 0.15) is 17.5 Å². The zero-order chi connectivity index (χ0) is 29.0. The Labute approximate surface area is 234 Å². The Hall–Kier alpha value is -4.07. The average molecular weight is 553 g/mol. The van der Waals surface area contributed by atoms with E-state index in [1.54, 1.807) is 47.0 Å². The minimum Gasteiger partial charge on any atom is -0.494 e. The highest BCUT2D eigenvalue weighted by molar-refractivity contribution is 5.85. The average Bonchev–Trinajstić information content (AvgIpc) is 3.68. The summed E-state index contributed by atoms with van der Waals surface area (Å²) < 4.78 is 24.4. The van der Waals surface area contributed by atoms with Crippen molar-refractivity contribution in [3.63, 3.8) is 0 Å². The number of benzene rings is 1. The second-order valence-corrected chi connectivity index (χ2v) is 11.3.